The Balaban J connectivity index is 1.73. The third-order valence-corrected chi connectivity index (χ3v) is 3.49. The number of carbonyl (C=O) groups excluding carboxylic acids is 2. The fourth-order valence-corrected chi connectivity index (χ4v) is 2.15. The molecule has 2 rings (SSSR count). The van der Waals surface area contributed by atoms with Crippen LogP contribution in [0.3, 0.4) is 0 Å². The lowest BCUT2D eigenvalue weighted by Gasteiger charge is -2.09. The van der Waals surface area contributed by atoms with Crippen LogP contribution in [-0.4, -0.2) is 18.0 Å². The largest absolute Gasteiger partial charge is 0.416 e. The number of rotatable bonds is 7. The van der Waals surface area contributed by atoms with Crippen molar-refractivity contribution in [2.24, 2.45) is 5.10 Å². The normalized spacial score (nSPS) is 11.7. The van der Waals surface area contributed by atoms with Crippen molar-refractivity contribution in [3.05, 3.63) is 71.8 Å². The SMILES string of the molecule is O=C(CCC(=O)Nc1cccc(C(F)(F)F)c1)NN=CC=Cc1ccccc1. The number of nitrogens with zero attached hydrogens (tertiary/aromatic N) is 1. The van der Waals surface area contributed by atoms with Gasteiger partial charge in [0.15, 0.2) is 0 Å². The number of alkyl halides is 3. The highest BCUT2D eigenvalue weighted by Gasteiger charge is 2.30. The maximum atomic E-state index is 12.6. The molecule has 8 heteroatoms. The predicted octanol–water partition coefficient (Wildman–Crippen LogP) is 4.24. The lowest BCUT2D eigenvalue weighted by atomic mass is 10.2. The molecule has 0 spiro atoms. The van der Waals surface area contributed by atoms with Crippen molar-refractivity contribution in [1.29, 1.82) is 0 Å². The topological polar surface area (TPSA) is 70.6 Å². The van der Waals surface area contributed by atoms with Crippen LogP contribution >= 0.6 is 0 Å². The molecule has 0 radical (unpaired) electrons. The van der Waals surface area contributed by atoms with Crippen LogP contribution in [-0.2, 0) is 15.8 Å². The van der Waals surface area contributed by atoms with Crippen LogP contribution in [0.2, 0.25) is 0 Å². The number of amides is 2. The highest BCUT2D eigenvalue weighted by molar-refractivity contribution is 5.93. The first kappa shape index (κ1) is 20.9. The van der Waals surface area contributed by atoms with E-state index in [4.69, 9.17) is 0 Å². The molecule has 146 valence electrons. The van der Waals surface area contributed by atoms with Crippen LogP contribution in [0.5, 0.6) is 0 Å². The lowest BCUT2D eigenvalue weighted by molar-refractivity contribution is -0.137. The van der Waals surface area contributed by atoms with E-state index in [1.165, 1.54) is 18.3 Å². The number of benzene rings is 2. The molecule has 0 aromatic heterocycles. The summed E-state index contributed by atoms with van der Waals surface area (Å²) < 4.78 is 37.9. The van der Waals surface area contributed by atoms with E-state index in [1.807, 2.05) is 30.3 Å². The van der Waals surface area contributed by atoms with E-state index in [0.29, 0.717) is 0 Å². The first-order chi connectivity index (χ1) is 13.3. The summed E-state index contributed by atoms with van der Waals surface area (Å²) in [5, 5.41) is 6.05. The molecule has 5 nitrogen and oxygen atoms in total. The van der Waals surface area contributed by atoms with E-state index in [1.54, 1.807) is 12.2 Å². The summed E-state index contributed by atoms with van der Waals surface area (Å²) in [6, 6.07) is 13.8. The fraction of sp³-hybridized carbons (Fsp3) is 0.150. The van der Waals surface area contributed by atoms with Gasteiger partial charge in [-0.2, -0.15) is 18.3 Å². The lowest BCUT2D eigenvalue weighted by Crippen LogP contribution is -2.20. The number of hydrogen-bond acceptors (Lipinski definition) is 3. The van der Waals surface area contributed by atoms with E-state index in [0.717, 1.165) is 17.7 Å². The summed E-state index contributed by atoms with van der Waals surface area (Å²) >= 11 is 0. The van der Waals surface area contributed by atoms with Gasteiger partial charge in [0.1, 0.15) is 0 Å². The second-order valence-electron chi connectivity index (χ2n) is 5.71. The summed E-state index contributed by atoms with van der Waals surface area (Å²) in [5.41, 5.74) is 2.40. The first-order valence-corrected chi connectivity index (χ1v) is 8.35. The zero-order valence-corrected chi connectivity index (χ0v) is 14.7. The van der Waals surface area contributed by atoms with Gasteiger partial charge in [-0.05, 0) is 29.8 Å². The molecule has 0 aliphatic carbocycles. The molecule has 0 heterocycles. The Hall–Kier alpha value is -3.42. The minimum absolute atomic E-state index is 0.0179. The van der Waals surface area contributed by atoms with Crippen molar-refractivity contribution in [3.8, 4) is 0 Å². The maximum Gasteiger partial charge on any atom is 0.416 e. The number of carbonyl (C=O) groups is 2. The van der Waals surface area contributed by atoms with Crippen molar-refractivity contribution in [3.63, 3.8) is 0 Å². The summed E-state index contributed by atoms with van der Waals surface area (Å²) in [7, 11) is 0. The molecule has 2 N–H and O–H groups in total. The summed E-state index contributed by atoms with van der Waals surface area (Å²) in [5.74, 6) is -1.05. The van der Waals surface area contributed by atoms with E-state index in [-0.39, 0.29) is 18.5 Å². The molecule has 2 amide bonds. The molecule has 0 saturated carbocycles. The predicted molar refractivity (Wildman–Crippen MR) is 101 cm³/mol. The second-order valence-corrected chi connectivity index (χ2v) is 5.71. The van der Waals surface area contributed by atoms with Crippen molar-refractivity contribution in [2.75, 3.05) is 5.32 Å². The number of halogens is 3. The monoisotopic (exact) mass is 389 g/mol. The Bertz CT molecular complexity index is 862. The van der Waals surface area contributed by atoms with Crippen LogP contribution in [0.1, 0.15) is 24.0 Å². The van der Waals surface area contributed by atoms with E-state index in [9.17, 15) is 22.8 Å². The smallest absolute Gasteiger partial charge is 0.326 e. The van der Waals surface area contributed by atoms with Gasteiger partial charge >= 0.3 is 6.18 Å². The molecule has 2 aromatic carbocycles. The Labute approximate surface area is 160 Å². The highest BCUT2D eigenvalue weighted by Crippen LogP contribution is 2.30. The van der Waals surface area contributed by atoms with Gasteiger partial charge in [0, 0.05) is 24.7 Å². The number of anilines is 1. The van der Waals surface area contributed by atoms with Gasteiger partial charge in [0.25, 0.3) is 0 Å². The zero-order valence-electron chi connectivity index (χ0n) is 14.7. The molecule has 0 aliphatic rings. The van der Waals surface area contributed by atoms with Crippen LogP contribution in [0.4, 0.5) is 18.9 Å². The van der Waals surface area contributed by atoms with Gasteiger partial charge in [-0.1, -0.05) is 42.5 Å². The molecule has 2 aromatic rings. The standard InChI is InChI=1S/C20H18F3N3O2/c21-20(22,23)16-9-4-10-17(14-16)25-18(27)11-12-19(28)26-24-13-5-8-15-6-2-1-3-7-15/h1-10,13-14H,11-12H2,(H,25,27)(H,26,28). The average molecular weight is 389 g/mol. The summed E-state index contributed by atoms with van der Waals surface area (Å²) in [6.07, 6.45) is 0.0251. The molecule has 0 atom stereocenters. The van der Waals surface area contributed by atoms with Gasteiger partial charge in [0.2, 0.25) is 11.8 Å². The number of allylic oxidation sites excluding steroid dienone is 1. The van der Waals surface area contributed by atoms with Gasteiger partial charge in [-0.3, -0.25) is 9.59 Å². The fourth-order valence-electron chi connectivity index (χ4n) is 2.15. The van der Waals surface area contributed by atoms with E-state index >= 15 is 0 Å². The molecular formula is C20H18F3N3O2. The van der Waals surface area contributed by atoms with Crippen LogP contribution in [0.15, 0.2) is 65.8 Å². The molecule has 0 unspecified atom stereocenters. The van der Waals surface area contributed by atoms with Crippen LogP contribution in [0, 0.1) is 0 Å². The second kappa shape index (κ2) is 10.1. The van der Waals surface area contributed by atoms with Gasteiger partial charge in [-0.25, -0.2) is 5.43 Å². The Morgan fingerprint density at radius 1 is 0.964 bits per heavy atom. The van der Waals surface area contributed by atoms with Crippen molar-refractivity contribution in [2.45, 2.75) is 19.0 Å². The molecule has 28 heavy (non-hydrogen) atoms. The Morgan fingerprint density at radius 3 is 2.39 bits per heavy atom. The van der Waals surface area contributed by atoms with Crippen molar-refractivity contribution in [1.82, 2.24) is 5.43 Å². The first-order valence-electron chi connectivity index (χ1n) is 8.35. The van der Waals surface area contributed by atoms with Crippen molar-refractivity contribution >= 4 is 29.8 Å². The highest BCUT2D eigenvalue weighted by atomic mass is 19.4. The molecule has 0 saturated heterocycles. The number of nitrogens with one attached hydrogen (secondary N) is 2. The summed E-state index contributed by atoms with van der Waals surface area (Å²) in [4.78, 5) is 23.4. The molecular weight excluding hydrogens is 371 g/mol. The Kier molecular flexibility index (Phi) is 7.50. The third-order valence-electron chi connectivity index (χ3n) is 3.49. The maximum absolute atomic E-state index is 12.6. The molecule has 0 bridgehead atoms. The minimum atomic E-state index is -4.49. The number of hydrogen-bond donors (Lipinski definition) is 2. The minimum Gasteiger partial charge on any atom is -0.326 e. The molecule has 0 aliphatic heterocycles. The van der Waals surface area contributed by atoms with E-state index in [2.05, 4.69) is 15.8 Å². The van der Waals surface area contributed by atoms with Gasteiger partial charge in [-0.15, -0.1) is 0 Å². The average Bonchev–Trinajstić information content (AvgIpc) is 2.66. The number of hydrazone groups is 1. The van der Waals surface area contributed by atoms with Gasteiger partial charge < -0.3 is 5.32 Å². The van der Waals surface area contributed by atoms with Crippen LogP contribution < -0.4 is 10.7 Å². The van der Waals surface area contributed by atoms with Gasteiger partial charge in [0.05, 0.1) is 5.56 Å². The van der Waals surface area contributed by atoms with Crippen molar-refractivity contribution < 1.29 is 22.8 Å². The zero-order chi connectivity index (χ0) is 20.4. The van der Waals surface area contributed by atoms with Crippen LogP contribution in [0.25, 0.3) is 6.08 Å². The van der Waals surface area contributed by atoms with E-state index < -0.39 is 23.6 Å². The quantitative estimate of drug-likeness (QED) is 0.549. The third kappa shape index (κ3) is 7.45. The Morgan fingerprint density at radius 2 is 1.68 bits per heavy atom. The molecule has 0 fully saturated rings. The summed E-state index contributed by atoms with van der Waals surface area (Å²) in [6.45, 7) is 0.